The zero-order valence-electron chi connectivity index (χ0n) is 16.3. The van der Waals surface area contributed by atoms with Gasteiger partial charge in [-0.05, 0) is 19.1 Å². The second-order valence-corrected chi connectivity index (χ2v) is 6.83. The van der Waals surface area contributed by atoms with Crippen LogP contribution in [0.4, 0.5) is 19.1 Å². The Morgan fingerprint density at radius 2 is 2.03 bits per heavy atom. The summed E-state index contributed by atoms with van der Waals surface area (Å²) in [6.07, 6.45) is -3.27. The fraction of sp³-hybridized carbons (Fsp3) is 0.389. The second-order valence-electron chi connectivity index (χ2n) is 6.83. The third kappa shape index (κ3) is 5.49. The topological polar surface area (TPSA) is 125 Å². The van der Waals surface area contributed by atoms with Crippen LogP contribution in [0.2, 0.25) is 0 Å². The van der Waals surface area contributed by atoms with Gasteiger partial charge in [0.2, 0.25) is 5.10 Å². The lowest BCUT2D eigenvalue weighted by Crippen LogP contribution is -2.44. The van der Waals surface area contributed by atoms with Crippen LogP contribution in [0.1, 0.15) is 30.1 Å². The van der Waals surface area contributed by atoms with Gasteiger partial charge in [0.1, 0.15) is 12.3 Å². The number of hydrogen-bond donors (Lipinski definition) is 1. The largest absolute Gasteiger partial charge is 0.739 e. The summed E-state index contributed by atoms with van der Waals surface area (Å²) in [5.74, 6) is -1.23. The van der Waals surface area contributed by atoms with Crippen molar-refractivity contribution in [2.75, 3.05) is 25.0 Å². The standard InChI is InChI=1S/C18H18F3N5O5/c1-11(27)12-2-3-14-15(8-12)26(30)23-17(25(14)29)22-6-4-16(28)31-13-5-7-24(9-13)10-18(19,20)21/h2-3,8-9H,4-7,10H2,1H3,(H,22,23). The zero-order valence-corrected chi connectivity index (χ0v) is 16.3. The highest BCUT2D eigenvalue weighted by Crippen LogP contribution is 2.22. The van der Waals surface area contributed by atoms with Crippen LogP contribution in [0.5, 0.6) is 0 Å². The maximum atomic E-state index is 12.4. The number of nitrogens with zero attached hydrogens (tertiary/aromatic N) is 4. The molecule has 0 fully saturated rings. The van der Waals surface area contributed by atoms with E-state index >= 15 is 0 Å². The van der Waals surface area contributed by atoms with Crippen LogP contribution < -0.4 is 14.9 Å². The van der Waals surface area contributed by atoms with Gasteiger partial charge in [0, 0.05) is 35.6 Å². The Kier molecular flexibility index (Phi) is 6.13. The quantitative estimate of drug-likeness (QED) is 0.294. The Balaban J connectivity index is 1.58. The van der Waals surface area contributed by atoms with Crippen molar-refractivity contribution in [2.24, 2.45) is 0 Å². The summed E-state index contributed by atoms with van der Waals surface area (Å²) in [5, 5.41) is 30.6. The molecule has 0 radical (unpaired) electrons. The number of ether oxygens (including phenoxy) is 1. The molecule has 1 aromatic heterocycles. The Labute approximate surface area is 173 Å². The number of fused-ring (bicyclic) bond motifs is 1. The van der Waals surface area contributed by atoms with Gasteiger partial charge in [0.15, 0.2) is 11.3 Å². The number of alkyl halides is 3. The van der Waals surface area contributed by atoms with E-state index in [2.05, 4.69) is 10.4 Å². The molecular weight excluding hydrogens is 423 g/mol. The van der Waals surface area contributed by atoms with E-state index in [4.69, 9.17) is 4.74 Å². The number of nitrogens with one attached hydrogen (secondary N) is 1. The Morgan fingerprint density at radius 1 is 1.29 bits per heavy atom. The minimum atomic E-state index is -4.35. The van der Waals surface area contributed by atoms with Gasteiger partial charge in [0.05, 0.1) is 13.0 Å². The van der Waals surface area contributed by atoms with Gasteiger partial charge in [0.25, 0.3) is 5.52 Å². The molecule has 0 atom stereocenters. The van der Waals surface area contributed by atoms with Crippen molar-refractivity contribution < 1.29 is 37.1 Å². The molecule has 1 aromatic carbocycles. The van der Waals surface area contributed by atoms with Crippen LogP contribution in [-0.4, -0.2) is 47.6 Å². The van der Waals surface area contributed by atoms with Crippen LogP contribution in [0.3, 0.4) is 0 Å². The van der Waals surface area contributed by atoms with Gasteiger partial charge in [-0.3, -0.25) is 14.9 Å². The molecule has 0 saturated carbocycles. The average molecular weight is 441 g/mol. The number of ketones is 1. The van der Waals surface area contributed by atoms with Gasteiger partial charge < -0.3 is 20.1 Å². The summed E-state index contributed by atoms with van der Waals surface area (Å²) in [7, 11) is 0. The zero-order chi connectivity index (χ0) is 22.8. The number of esters is 1. The molecule has 0 spiro atoms. The van der Waals surface area contributed by atoms with Crippen LogP contribution in [0.25, 0.3) is 11.0 Å². The smallest absolute Gasteiger partial charge is 0.460 e. The van der Waals surface area contributed by atoms with Crippen LogP contribution in [0, 0.1) is 10.4 Å². The van der Waals surface area contributed by atoms with E-state index in [-0.39, 0.29) is 64.9 Å². The molecule has 10 nitrogen and oxygen atoms in total. The molecule has 1 aliphatic rings. The molecule has 0 unspecified atom stereocenters. The summed E-state index contributed by atoms with van der Waals surface area (Å²) in [6.45, 7) is 0.173. The molecule has 31 heavy (non-hydrogen) atoms. The van der Waals surface area contributed by atoms with E-state index in [0.29, 0.717) is 4.73 Å². The Bertz CT molecular complexity index is 1060. The lowest BCUT2D eigenvalue weighted by molar-refractivity contribution is -0.672. The van der Waals surface area contributed by atoms with Crippen molar-refractivity contribution in [3.8, 4) is 0 Å². The van der Waals surface area contributed by atoms with E-state index in [1.54, 1.807) is 0 Å². The SMILES string of the molecule is CC(=O)c1ccc2c(c1)[n+]([O-])nc(NCCC(=O)OC1=CN(CC(F)(F)F)CC1)[n+]2[O-]. The van der Waals surface area contributed by atoms with Crippen LogP contribution >= 0.6 is 0 Å². The molecule has 2 aromatic rings. The number of hydrogen-bond acceptors (Lipinski definition) is 8. The second kappa shape index (κ2) is 8.62. The van der Waals surface area contributed by atoms with Gasteiger partial charge in [-0.1, -0.05) is 0 Å². The van der Waals surface area contributed by atoms with Gasteiger partial charge in [-0.15, -0.1) is 0 Å². The minimum Gasteiger partial charge on any atom is -0.739 e. The summed E-state index contributed by atoms with van der Waals surface area (Å²) in [6, 6.07) is 3.97. The van der Waals surface area contributed by atoms with Crippen LogP contribution in [-0.2, 0) is 9.53 Å². The van der Waals surface area contributed by atoms with Crippen molar-refractivity contribution in [1.82, 2.24) is 10.00 Å². The summed E-state index contributed by atoms with van der Waals surface area (Å²) in [5.41, 5.74) is 0.127. The molecule has 3 rings (SSSR count). The Hall–Kier alpha value is -3.64. The summed E-state index contributed by atoms with van der Waals surface area (Å²) < 4.78 is 42.5. The summed E-state index contributed by atoms with van der Waals surface area (Å²) in [4.78, 5) is 24.5. The lowest BCUT2D eigenvalue weighted by atomic mass is 10.1. The summed E-state index contributed by atoms with van der Waals surface area (Å²) >= 11 is 0. The fourth-order valence-corrected chi connectivity index (χ4v) is 2.96. The van der Waals surface area contributed by atoms with Crippen molar-refractivity contribution in [2.45, 2.75) is 25.9 Å². The van der Waals surface area contributed by atoms with E-state index in [0.717, 1.165) is 11.1 Å². The highest BCUT2D eigenvalue weighted by atomic mass is 19.4. The molecular formula is C18H18F3N5O5. The first-order chi connectivity index (χ1) is 14.5. The van der Waals surface area contributed by atoms with Crippen molar-refractivity contribution in [3.63, 3.8) is 0 Å². The molecule has 2 heterocycles. The monoisotopic (exact) mass is 441 g/mol. The highest BCUT2D eigenvalue weighted by Gasteiger charge is 2.32. The predicted molar refractivity (Wildman–Crippen MR) is 99.2 cm³/mol. The maximum Gasteiger partial charge on any atom is 0.460 e. The van der Waals surface area contributed by atoms with Crippen molar-refractivity contribution >= 4 is 28.7 Å². The van der Waals surface area contributed by atoms with Gasteiger partial charge >= 0.3 is 18.1 Å². The molecule has 0 amide bonds. The number of carbonyl (C=O) groups excluding carboxylic acids is 2. The molecule has 0 bridgehead atoms. The number of benzene rings is 1. The lowest BCUT2D eigenvalue weighted by Gasteiger charge is -2.16. The minimum absolute atomic E-state index is 0.0269. The predicted octanol–water partition coefficient (Wildman–Crippen LogP) is 1.16. The van der Waals surface area contributed by atoms with Crippen LogP contribution in [0.15, 0.2) is 30.2 Å². The third-order valence-electron chi connectivity index (χ3n) is 4.40. The number of aromatic nitrogens is 3. The van der Waals surface area contributed by atoms with Crippen molar-refractivity contribution in [1.29, 1.82) is 0 Å². The molecule has 1 N–H and O–H groups in total. The Morgan fingerprint density at radius 3 is 2.71 bits per heavy atom. The van der Waals surface area contributed by atoms with Crippen molar-refractivity contribution in [3.05, 3.63) is 46.1 Å². The third-order valence-corrected chi connectivity index (χ3v) is 4.40. The average Bonchev–Trinajstić information content (AvgIpc) is 3.09. The number of Topliss-reactive ketones (excluding diaryl/α,β-unsaturated/α-hetero) is 1. The van der Waals surface area contributed by atoms with E-state index in [1.807, 2.05) is 0 Å². The number of anilines is 1. The van der Waals surface area contributed by atoms with E-state index < -0.39 is 18.7 Å². The molecule has 0 aliphatic carbocycles. The molecule has 0 saturated heterocycles. The fourth-order valence-electron chi connectivity index (χ4n) is 2.96. The molecule has 166 valence electrons. The number of halogens is 3. The van der Waals surface area contributed by atoms with Gasteiger partial charge in [-0.25, -0.2) is 4.73 Å². The first-order valence-corrected chi connectivity index (χ1v) is 9.17. The number of carbonyl (C=O) groups is 2. The molecule has 13 heteroatoms. The highest BCUT2D eigenvalue weighted by molar-refractivity contribution is 5.96. The first kappa shape index (κ1) is 22.1. The van der Waals surface area contributed by atoms with E-state index in [9.17, 15) is 33.2 Å². The van der Waals surface area contributed by atoms with E-state index in [1.165, 1.54) is 25.1 Å². The molecule has 1 aliphatic heterocycles. The first-order valence-electron chi connectivity index (χ1n) is 9.17. The van der Waals surface area contributed by atoms with Gasteiger partial charge in [-0.2, -0.15) is 13.2 Å². The maximum absolute atomic E-state index is 12.4. The normalized spacial score (nSPS) is 13.9. The number of rotatable bonds is 7.